The molecule has 0 fully saturated rings. The van der Waals surface area contributed by atoms with E-state index >= 15 is 0 Å². The van der Waals surface area contributed by atoms with Crippen molar-refractivity contribution in [3.63, 3.8) is 0 Å². The predicted molar refractivity (Wildman–Crippen MR) is 206 cm³/mol. The zero-order valence-electron chi connectivity index (χ0n) is 33.1. The first-order chi connectivity index (χ1) is 24.1. The summed E-state index contributed by atoms with van der Waals surface area (Å²) in [5, 5.41) is 9.56. The van der Waals surface area contributed by atoms with Crippen LogP contribution in [0.3, 0.4) is 0 Å². The minimum atomic E-state index is -0.883. The van der Waals surface area contributed by atoms with E-state index in [1.807, 2.05) is 33.3 Å². The van der Waals surface area contributed by atoms with E-state index < -0.39 is 18.1 Å². The number of allylic oxidation sites excluding steroid dienone is 4. The third-order valence-electron chi connectivity index (χ3n) is 9.13. The molecule has 0 aromatic rings. The van der Waals surface area contributed by atoms with Crippen LogP contribution in [-0.4, -0.2) is 80.6 Å². The van der Waals surface area contributed by atoms with Crippen molar-refractivity contribution < 1.29 is 38.2 Å². The fourth-order valence-electron chi connectivity index (χ4n) is 5.98. The zero-order chi connectivity index (χ0) is 37.1. The molecule has 292 valence electrons. The van der Waals surface area contributed by atoms with Crippen LogP contribution in [0.25, 0.3) is 0 Å². The molecule has 0 radical (unpaired) electrons. The summed E-state index contributed by atoms with van der Waals surface area (Å²) < 4.78 is 17.1. The minimum absolute atomic E-state index is 0.0411. The van der Waals surface area contributed by atoms with Crippen LogP contribution in [0.5, 0.6) is 0 Å². The second kappa shape index (κ2) is 33.9. The van der Waals surface area contributed by atoms with Gasteiger partial charge in [-0.15, -0.1) is 0 Å². The van der Waals surface area contributed by atoms with Gasteiger partial charge in [0.2, 0.25) is 0 Å². The van der Waals surface area contributed by atoms with Crippen LogP contribution in [0.4, 0.5) is 0 Å². The molecule has 8 nitrogen and oxygen atoms in total. The van der Waals surface area contributed by atoms with Crippen molar-refractivity contribution in [1.29, 1.82) is 0 Å². The molecular formula is C42H78NO7+. The molecule has 0 spiro atoms. The molecule has 0 saturated heterocycles. The maximum Gasteiger partial charge on any atom is 0.362 e. The average molecular weight is 709 g/mol. The highest BCUT2D eigenvalue weighted by atomic mass is 16.6. The summed E-state index contributed by atoms with van der Waals surface area (Å²) in [5.74, 6) is -1.56. The first-order valence-corrected chi connectivity index (χ1v) is 20.4. The van der Waals surface area contributed by atoms with Crippen LogP contribution in [0.2, 0.25) is 0 Å². The van der Waals surface area contributed by atoms with E-state index in [0.29, 0.717) is 19.3 Å². The summed E-state index contributed by atoms with van der Waals surface area (Å²) in [6.07, 6.45) is 35.5. The SMILES string of the molecule is CC/C=C/C/C=C/CCC(=O)OC(COCCC(C(=O)O)[N+](C)(C)C)COC(=O)CCCCCCCCCCCCCCCCCCCCC. The van der Waals surface area contributed by atoms with Gasteiger partial charge in [-0.1, -0.05) is 154 Å². The lowest BCUT2D eigenvalue weighted by Crippen LogP contribution is -2.50. The van der Waals surface area contributed by atoms with Gasteiger partial charge >= 0.3 is 17.9 Å². The van der Waals surface area contributed by atoms with E-state index in [1.165, 1.54) is 103 Å². The number of nitrogens with zero attached hydrogens (tertiary/aromatic N) is 1. The Morgan fingerprint density at radius 1 is 0.620 bits per heavy atom. The van der Waals surface area contributed by atoms with Gasteiger partial charge in [0.1, 0.15) is 6.61 Å². The van der Waals surface area contributed by atoms with Crippen LogP contribution in [-0.2, 0) is 28.6 Å². The Hall–Kier alpha value is -2.19. The average Bonchev–Trinajstić information content (AvgIpc) is 3.06. The Bertz CT molecular complexity index is 880. The third-order valence-corrected chi connectivity index (χ3v) is 9.13. The van der Waals surface area contributed by atoms with E-state index in [9.17, 15) is 19.5 Å². The highest BCUT2D eigenvalue weighted by Crippen LogP contribution is 2.15. The summed E-state index contributed by atoms with van der Waals surface area (Å²) in [4.78, 5) is 36.6. The molecule has 0 aliphatic heterocycles. The van der Waals surface area contributed by atoms with Crippen LogP contribution >= 0.6 is 0 Å². The summed E-state index contributed by atoms with van der Waals surface area (Å²) in [7, 11) is 5.50. The number of carboxylic acids is 1. The third kappa shape index (κ3) is 31.8. The Kier molecular flexibility index (Phi) is 32.4. The Morgan fingerprint density at radius 3 is 1.60 bits per heavy atom. The van der Waals surface area contributed by atoms with Gasteiger partial charge in [0.15, 0.2) is 12.1 Å². The lowest BCUT2D eigenvalue weighted by Gasteiger charge is -2.31. The first kappa shape index (κ1) is 47.8. The number of rotatable bonds is 36. The monoisotopic (exact) mass is 709 g/mol. The van der Waals surface area contributed by atoms with Gasteiger partial charge in [0.25, 0.3) is 0 Å². The summed E-state index contributed by atoms with van der Waals surface area (Å²) in [6.45, 7) is 4.53. The molecule has 0 amide bonds. The van der Waals surface area contributed by atoms with Crippen LogP contribution < -0.4 is 0 Å². The number of hydrogen-bond donors (Lipinski definition) is 1. The number of likely N-dealkylation sites (N-methyl/N-ethyl adjacent to an activating group) is 1. The number of carbonyl (C=O) groups excluding carboxylic acids is 2. The Labute approximate surface area is 307 Å². The number of hydrogen-bond acceptors (Lipinski definition) is 6. The second-order valence-electron chi connectivity index (χ2n) is 14.9. The number of quaternary nitrogens is 1. The minimum Gasteiger partial charge on any atom is -0.477 e. The maximum absolute atomic E-state index is 12.5. The topological polar surface area (TPSA) is 99.1 Å². The van der Waals surface area contributed by atoms with Gasteiger partial charge in [0, 0.05) is 19.3 Å². The number of aliphatic carboxylic acids is 1. The summed E-state index contributed by atoms with van der Waals surface area (Å²) in [6, 6.07) is -0.619. The molecule has 0 aromatic heterocycles. The van der Waals surface area contributed by atoms with E-state index in [4.69, 9.17) is 14.2 Å². The molecule has 0 aliphatic rings. The van der Waals surface area contributed by atoms with Crippen molar-refractivity contribution in [2.24, 2.45) is 0 Å². The fourth-order valence-corrected chi connectivity index (χ4v) is 5.98. The van der Waals surface area contributed by atoms with Crippen molar-refractivity contribution in [1.82, 2.24) is 0 Å². The number of esters is 2. The van der Waals surface area contributed by atoms with Crippen LogP contribution in [0.1, 0.15) is 174 Å². The maximum atomic E-state index is 12.5. The lowest BCUT2D eigenvalue weighted by molar-refractivity contribution is -0.887. The van der Waals surface area contributed by atoms with E-state index in [0.717, 1.165) is 32.1 Å². The van der Waals surface area contributed by atoms with Gasteiger partial charge in [0.05, 0.1) is 34.4 Å². The van der Waals surface area contributed by atoms with Crippen molar-refractivity contribution in [3.8, 4) is 0 Å². The van der Waals surface area contributed by atoms with E-state index in [-0.39, 0.29) is 42.7 Å². The van der Waals surface area contributed by atoms with Gasteiger partial charge in [-0.05, 0) is 25.7 Å². The van der Waals surface area contributed by atoms with Crippen molar-refractivity contribution in [2.45, 2.75) is 187 Å². The van der Waals surface area contributed by atoms with Gasteiger partial charge in [-0.25, -0.2) is 4.79 Å². The lowest BCUT2D eigenvalue weighted by atomic mass is 10.0. The molecule has 0 aliphatic carbocycles. The highest BCUT2D eigenvalue weighted by Gasteiger charge is 2.31. The second-order valence-corrected chi connectivity index (χ2v) is 14.9. The normalized spacial score (nSPS) is 13.2. The molecule has 8 heteroatoms. The van der Waals surface area contributed by atoms with Crippen molar-refractivity contribution >= 4 is 17.9 Å². The van der Waals surface area contributed by atoms with Crippen LogP contribution in [0.15, 0.2) is 24.3 Å². The highest BCUT2D eigenvalue weighted by molar-refractivity contribution is 5.72. The largest absolute Gasteiger partial charge is 0.477 e. The van der Waals surface area contributed by atoms with Gasteiger partial charge < -0.3 is 23.8 Å². The van der Waals surface area contributed by atoms with Crippen molar-refractivity contribution in [2.75, 3.05) is 41.0 Å². The Morgan fingerprint density at radius 2 is 1.12 bits per heavy atom. The standard InChI is InChI=1S/C42H77NO7/c1-6-8-10-12-14-15-16-17-18-19-20-21-22-23-24-25-27-28-30-32-40(44)49-37-38(36-48-35-34-39(42(46)47)43(3,4)5)50-41(45)33-31-29-26-13-11-9-7-2/h9,11,26,29,38-39H,6-8,10,12-25,27-28,30-37H2,1-5H3/p+1/b11-9+,29-26+. The predicted octanol–water partition coefficient (Wildman–Crippen LogP) is 10.5. The molecule has 0 heterocycles. The molecule has 2 unspecified atom stereocenters. The molecule has 1 N–H and O–H groups in total. The molecule has 2 atom stereocenters. The van der Waals surface area contributed by atoms with E-state index in [1.54, 1.807) is 0 Å². The summed E-state index contributed by atoms with van der Waals surface area (Å²) in [5.41, 5.74) is 0. The molecule has 0 bridgehead atoms. The number of ether oxygens (including phenoxy) is 3. The van der Waals surface area contributed by atoms with E-state index in [2.05, 4.69) is 26.0 Å². The number of unbranched alkanes of at least 4 members (excludes halogenated alkanes) is 18. The van der Waals surface area contributed by atoms with Gasteiger partial charge in [-0.2, -0.15) is 0 Å². The molecule has 50 heavy (non-hydrogen) atoms. The quantitative estimate of drug-likeness (QED) is 0.0299. The zero-order valence-corrected chi connectivity index (χ0v) is 33.1. The van der Waals surface area contributed by atoms with Crippen LogP contribution in [0, 0.1) is 0 Å². The first-order valence-electron chi connectivity index (χ1n) is 20.4. The number of carboxylic acid groups (broad SMARTS) is 1. The molecule has 0 aromatic carbocycles. The van der Waals surface area contributed by atoms with Gasteiger partial charge in [-0.3, -0.25) is 9.59 Å². The molecular weight excluding hydrogens is 630 g/mol. The molecule has 0 saturated carbocycles. The number of carbonyl (C=O) groups is 3. The summed E-state index contributed by atoms with van der Waals surface area (Å²) >= 11 is 0. The Balaban J connectivity index is 4.19. The molecule has 0 rings (SSSR count). The fraction of sp³-hybridized carbons (Fsp3) is 0.833. The smallest absolute Gasteiger partial charge is 0.362 e. The van der Waals surface area contributed by atoms with Crippen molar-refractivity contribution in [3.05, 3.63) is 24.3 Å².